The van der Waals surface area contributed by atoms with E-state index in [4.69, 9.17) is 0 Å². The first-order valence-electron chi connectivity index (χ1n) is 9.12. The van der Waals surface area contributed by atoms with E-state index in [2.05, 4.69) is 22.9 Å². The number of nitrogens with one attached hydrogen (secondary N) is 3. The van der Waals surface area contributed by atoms with E-state index in [0.29, 0.717) is 17.8 Å². The van der Waals surface area contributed by atoms with Crippen molar-refractivity contribution < 1.29 is 9.59 Å². The third-order valence-corrected chi connectivity index (χ3v) is 4.10. The molecule has 138 valence electrons. The second kappa shape index (κ2) is 10.2. The molecule has 0 bridgehead atoms. The number of rotatable bonds is 8. The van der Waals surface area contributed by atoms with Crippen LogP contribution in [-0.2, 0) is 0 Å². The summed E-state index contributed by atoms with van der Waals surface area (Å²) in [4.78, 5) is 24.4. The van der Waals surface area contributed by atoms with Crippen LogP contribution in [0.25, 0.3) is 0 Å². The van der Waals surface area contributed by atoms with E-state index in [-0.39, 0.29) is 11.9 Å². The van der Waals surface area contributed by atoms with Crippen molar-refractivity contribution in [2.24, 2.45) is 0 Å². The second-order valence-electron chi connectivity index (χ2n) is 6.29. The SMILES string of the molecule is CCCCCCNC(=O)Nc1cc(C(=O)Nc2ccccc2)ccc1C. The number of hydrogen-bond acceptors (Lipinski definition) is 2. The van der Waals surface area contributed by atoms with E-state index >= 15 is 0 Å². The Morgan fingerprint density at radius 2 is 1.69 bits per heavy atom. The molecule has 0 aliphatic rings. The number of urea groups is 1. The molecule has 2 rings (SSSR count). The van der Waals surface area contributed by atoms with Gasteiger partial charge in [-0.3, -0.25) is 4.79 Å². The smallest absolute Gasteiger partial charge is 0.319 e. The molecular formula is C21H27N3O2. The van der Waals surface area contributed by atoms with Crippen molar-refractivity contribution in [1.29, 1.82) is 0 Å². The first-order valence-corrected chi connectivity index (χ1v) is 9.12. The number of benzene rings is 2. The minimum Gasteiger partial charge on any atom is -0.338 e. The summed E-state index contributed by atoms with van der Waals surface area (Å²) in [6, 6.07) is 14.3. The fourth-order valence-corrected chi connectivity index (χ4v) is 2.54. The molecule has 0 aliphatic carbocycles. The van der Waals surface area contributed by atoms with Crippen molar-refractivity contribution in [3.63, 3.8) is 0 Å². The minimum absolute atomic E-state index is 0.209. The summed E-state index contributed by atoms with van der Waals surface area (Å²) >= 11 is 0. The average molecular weight is 353 g/mol. The highest BCUT2D eigenvalue weighted by atomic mass is 16.2. The van der Waals surface area contributed by atoms with Crippen LogP contribution < -0.4 is 16.0 Å². The molecule has 3 amide bonds. The van der Waals surface area contributed by atoms with Crippen LogP contribution in [0.4, 0.5) is 16.2 Å². The van der Waals surface area contributed by atoms with Gasteiger partial charge in [0.25, 0.3) is 5.91 Å². The maximum atomic E-state index is 12.4. The van der Waals surface area contributed by atoms with Gasteiger partial charge in [0.1, 0.15) is 0 Å². The molecule has 5 heteroatoms. The van der Waals surface area contributed by atoms with E-state index in [9.17, 15) is 9.59 Å². The molecule has 0 saturated heterocycles. The van der Waals surface area contributed by atoms with E-state index < -0.39 is 0 Å². The van der Waals surface area contributed by atoms with Crippen LogP contribution in [0.15, 0.2) is 48.5 Å². The van der Waals surface area contributed by atoms with Crippen LogP contribution in [-0.4, -0.2) is 18.5 Å². The van der Waals surface area contributed by atoms with Crippen molar-refractivity contribution in [1.82, 2.24) is 5.32 Å². The molecule has 0 aromatic heterocycles. The van der Waals surface area contributed by atoms with Crippen LogP contribution in [0.1, 0.15) is 48.5 Å². The highest BCUT2D eigenvalue weighted by Crippen LogP contribution is 2.18. The summed E-state index contributed by atoms with van der Waals surface area (Å²) in [6.07, 6.45) is 4.44. The maximum Gasteiger partial charge on any atom is 0.319 e. The minimum atomic E-state index is -0.245. The summed E-state index contributed by atoms with van der Waals surface area (Å²) in [5.41, 5.74) is 2.77. The Hall–Kier alpha value is -2.82. The van der Waals surface area contributed by atoms with Gasteiger partial charge in [0.15, 0.2) is 0 Å². The Morgan fingerprint density at radius 3 is 2.42 bits per heavy atom. The number of unbranched alkanes of at least 4 members (excludes halogenated alkanes) is 3. The van der Waals surface area contributed by atoms with Gasteiger partial charge < -0.3 is 16.0 Å². The molecule has 2 aromatic rings. The Balaban J connectivity index is 1.94. The normalized spacial score (nSPS) is 10.2. The van der Waals surface area contributed by atoms with Crippen molar-refractivity contribution in [3.8, 4) is 0 Å². The van der Waals surface area contributed by atoms with Crippen molar-refractivity contribution in [2.75, 3.05) is 17.2 Å². The molecule has 0 radical (unpaired) electrons. The fourth-order valence-electron chi connectivity index (χ4n) is 2.54. The van der Waals surface area contributed by atoms with Crippen molar-refractivity contribution in [2.45, 2.75) is 39.5 Å². The predicted molar refractivity (Wildman–Crippen MR) is 107 cm³/mol. The Morgan fingerprint density at radius 1 is 0.923 bits per heavy atom. The Labute approximate surface area is 155 Å². The van der Waals surface area contributed by atoms with Gasteiger partial charge in [-0.1, -0.05) is 50.5 Å². The lowest BCUT2D eigenvalue weighted by atomic mass is 10.1. The average Bonchev–Trinajstić information content (AvgIpc) is 2.64. The number of carbonyl (C=O) groups excluding carboxylic acids is 2. The van der Waals surface area contributed by atoms with Crippen LogP contribution in [0.3, 0.4) is 0 Å². The molecule has 3 N–H and O–H groups in total. The molecule has 0 saturated carbocycles. The number of para-hydroxylation sites is 1. The number of anilines is 2. The van der Waals surface area contributed by atoms with Crippen molar-refractivity contribution in [3.05, 3.63) is 59.7 Å². The van der Waals surface area contributed by atoms with Gasteiger partial charge in [-0.15, -0.1) is 0 Å². The molecule has 0 heterocycles. The summed E-state index contributed by atoms with van der Waals surface area (Å²) in [5.74, 6) is -0.209. The van der Waals surface area contributed by atoms with Crippen LogP contribution in [0, 0.1) is 6.92 Å². The zero-order valence-electron chi connectivity index (χ0n) is 15.5. The molecule has 0 aliphatic heterocycles. The van der Waals surface area contributed by atoms with Crippen LogP contribution >= 0.6 is 0 Å². The van der Waals surface area contributed by atoms with Gasteiger partial charge in [0.2, 0.25) is 0 Å². The number of hydrogen-bond donors (Lipinski definition) is 3. The Kier molecular flexibility index (Phi) is 7.68. The van der Waals surface area contributed by atoms with E-state index in [1.807, 2.05) is 43.3 Å². The maximum absolute atomic E-state index is 12.4. The molecule has 0 spiro atoms. The number of amides is 3. The highest BCUT2D eigenvalue weighted by molar-refractivity contribution is 6.05. The first-order chi connectivity index (χ1) is 12.6. The highest BCUT2D eigenvalue weighted by Gasteiger charge is 2.10. The number of aryl methyl sites for hydroxylation is 1. The largest absolute Gasteiger partial charge is 0.338 e. The first kappa shape index (κ1) is 19.5. The van der Waals surface area contributed by atoms with Gasteiger partial charge in [0, 0.05) is 23.5 Å². The third kappa shape index (κ3) is 6.24. The predicted octanol–water partition coefficient (Wildman–Crippen LogP) is 4.95. The van der Waals surface area contributed by atoms with Crippen molar-refractivity contribution >= 4 is 23.3 Å². The van der Waals surface area contributed by atoms with Crippen LogP contribution in [0.5, 0.6) is 0 Å². The fraction of sp³-hybridized carbons (Fsp3) is 0.333. The molecule has 0 unspecified atom stereocenters. The molecule has 26 heavy (non-hydrogen) atoms. The zero-order chi connectivity index (χ0) is 18.8. The molecule has 2 aromatic carbocycles. The lowest BCUT2D eigenvalue weighted by Crippen LogP contribution is -2.30. The van der Waals surface area contributed by atoms with E-state index in [1.165, 1.54) is 12.8 Å². The lowest BCUT2D eigenvalue weighted by Gasteiger charge is -2.12. The monoisotopic (exact) mass is 353 g/mol. The summed E-state index contributed by atoms with van der Waals surface area (Å²) in [5, 5.41) is 8.53. The quantitative estimate of drug-likeness (QED) is 0.588. The molecular weight excluding hydrogens is 326 g/mol. The second-order valence-corrected chi connectivity index (χ2v) is 6.29. The summed E-state index contributed by atoms with van der Waals surface area (Å²) in [7, 11) is 0. The van der Waals surface area contributed by atoms with Gasteiger partial charge in [-0.05, 0) is 43.2 Å². The van der Waals surface area contributed by atoms with Gasteiger partial charge in [-0.2, -0.15) is 0 Å². The Bertz CT molecular complexity index is 729. The zero-order valence-corrected chi connectivity index (χ0v) is 15.5. The standard InChI is InChI=1S/C21H27N3O2/c1-3-4-5-9-14-22-21(26)24-19-15-17(13-12-16(19)2)20(25)23-18-10-7-6-8-11-18/h6-8,10-13,15H,3-5,9,14H2,1-2H3,(H,23,25)(H2,22,24,26). The third-order valence-electron chi connectivity index (χ3n) is 4.10. The van der Waals surface area contributed by atoms with Gasteiger partial charge in [0.05, 0.1) is 0 Å². The lowest BCUT2D eigenvalue weighted by molar-refractivity contribution is 0.102. The van der Waals surface area contributed by atoms with Gasteiger partial charge in [-0.25, -0.2) is 4.79 Å². The molecule has 5 nitrogen and oxygen atoms in total. The van der Waals surface area contributed by atoms with Gasteiger partial charge >= 0.3 is 6.03 Å². The van der Waals surface area contributed by atoms with E-state index in [1.54, 1.807) is 12.1 Å². The summed E-state index contributed by atoms with van der Waals surface area (Å²) in [6.45, 7) is 4.71. The van der Waals surface area contributed by atoms with E-state index in [0.717, 1.165) is 24.1 Å². The number of carbonyl (C=O) groups is 2. The molecule has 0 fully saturated rings. The van der Waals surface area contributed by atoms with Crippen LogP contribution in [0.2, 0.25) is 0 Å². The summed E-state index contributed by atoms with van der Waals surface area (Å²) < 4.78 is 0. The molecule has 0 atom stereocenters. The topological polar surface area (TPSA) is 70.2 Å².